The molecule has 1 N–H and O–H groups in total. The summed E-state index contributed by atoms with van der Waals surface area (Å²) in [6.45, 7) is 10.9. The van der Waals surface area contributed by atoms with E-state index in [1.165, 1.54) is 51.7 Å². The van der Waals surface area contributed by atoms with Crippen LogP contribution in [-0.4, -0.2) is 36.6 Å². The zero-order valence-electron chi connectivity index (χ0n) is 11.9. The van der Waals surface area contributed by atoms with Crippen LogP contribution in [0.5, 0.6) is 0 Å². The Balaban J connectivity index is 1.79. The molecule has 0 aromatic rings. The molecule has 0 radical (unpaired) electrons. The molecule has 0 aromatic heterocycles. The predicted octanol–water partition coefficient (Wildman–Crippen LogP) is 2.89. The number of rotatable bonds is 3. The molecule has 1 aliphatic heterocycles. The number of hydrogen-bond donors (Lipinski definition) is 1. The molecule has 0 bridgehead atoms. The fraction of sp³-hybridized carbons (Fsp3) is 1.00. The Morgan fingerprint density at radius 1 is 1.18 bits per heavy atom. The maximum absolute atomic E-state index is 3.95. The van der Waals surface area contributed by atoms with Gasteiger partial charge >= 0.3 is 0 Å². The summed E-state index contributed by atoms with van der Waals surface area (Å²) in [5.74, 6) is 1.82. The molecule has 2 nitrogen and oxygen atoms in total. The summed E-state index contributed by atoms with van der Waals surface area (Å²) < 4.78 is 0. The van der Waals surface area contributed by atoms with E-state index in [0.717, 1.165) is 23.9 Å². The zero-order chi connectivity index (χ0) is 12.3. The van der Waals surface area contributed by atoms with E-state index in [-0.39, 0.29) is 0 Å². The van der Waals surface area contributed by atoms with Crippen LogP contribution in [0.3, 0.4) is 0 Å². The molecule has 1 saturated carbocycles. The highest BCUT2D eigenvalue weighted by Crippen LogP contribution is 2.29. The highest BCUT2D eigenvalue weighted by atomic mass is 15.2. The van der Waals surface area contributed by atoms with Gasteiger partial charge in [0.15, 0.2) is 0 Å². The number of hydrogen-bond acceptors (Lipinski definition) is 2. The summed E-state index contributed by atoms with van der Waals surface area (Å²) in [6, 6.07) is 1.54. The normalized spacial score (nSPS) is 40.4. The molecule has 1 heterocycles. The molecule has 17 heavy (non-hydrogen) atoms. The van der Waals surface area contributed by atoms with Gasteiger partial charge in [-0.1, -0.05) is 20.8 Å². The standard InChI is InChI=1S/C15H30N2/c1-4-17-9-5-6-14(11-17)16-15-8-7-12(2)10-13(15)3/h12-16H,4-11H2,1-3H3. The number of likely N-dealkylation sites (N-methyl/N-ethyl adjacent to an activating group) is 1. The van der Waals surface area contributed by atoms with Gasteiger partial charge in [-0.25, -0.2) is 0 Å². The van der Waals surface area contributed by atoms with Crippen molar-refractivity contribution in [3.63, 3.8) is 0 Å². The summed E-state index contributed by atoms with van der Waals surface area (Å²) in [7, 11) is 0. The van der Waals surface area contributed by atoms with Crippen molar-refractivity contribution in [1.82, 2.24) is 10.2 Å². The summed E-state index contributed by atoms with van der Waals surface area (Å²) in [6.07, 6.45) is 7.00. The first-order valence-electron chi connectivity index (χ1n) is 7.67. The lowest BCUT2D eigenvalue weighted by Crippen LogP contribution is -2.51. The van der Waals surface area contributed by atoms with Crippen molar-refractivity contribution >= 4 is 0 Å². The van der Waals surface area contributed by atoms with Crippen molar-refractivity contribution in [2.45, 2.75) is 65.0 Å². The summed E-state index contributed by atoms with van der Waals surface area (Å²) in [5.41, 5.74) is 0. The second-order valence-corrected chi connectivity index (χ2v) is 6.40. The average Bonchev–Trinajstić information content (AvgIpc) is 2.33. The Hall–Kier alpha value is -0.0800. The summed E-state index contributed by atoms with van der Waals surface area (Å²) >= 11 is 0. The smallest absolute Gasteiger partial charge is 0.0198 e. The van der Waals surface area contributed by atoms with Gasteiger partial charge in [-0.2, -0.15) is 0 Å². The van der Waals surface area contributed by atoms with Gasteiger partial charge in [0, 0.05) is 18.6 Å². The highest BCUT2D eigenvalue weighted by molar-refractivity contribution is 4.86. The Morgan fingerprint density at radius 2 is 2.00 bits per heavy atom. The SMILES string of the molecule is CCN1CCCC(NC2CCC(C)CC2C)C1. The lowest BCUT2D eigenvalue weighted by atomic mass is 9.79. The first kappa shape index (κ1) is 13.4. The Morgan fingerprint density at radius 3 is 2.71 bits per heavy atom. The van der Waals surface area contributed by atoms with Crippen molar-refractivity contribution < 1.29 is 0 Å². The van der Waals surface area contributed by atoms with E-state index in [1.54, 1.807) is 0 Å². The van der Waals surface area contributed by atoms with Crippen LogP contribution in [0, 0.1) is 11.8 Å². The molecule has 100 valence electrons. The van der Waals surface area contributed by atoms with Crippen molar-refractivity contribution in [2.24, 2.45) is 11.8 Å². The van der Waals surface area contributed by atoms with Crippen molar-refractivity contribution in [1.29, 1.82) is 0 Å². The molecule has 2 aliphatic rings. The summed E-state index contributed by atoms with van der Waals surface area (Å²) in [4.78, 5) is 2.59. The molecule has 2 heteroatoms. The molecule has 1 aliphatic carbocycles. The maximum Gasteiger partial charge on any atom is 0.0198 e. The van der Waals surface area contributed by atoms with Gasteiger partial charge in [0.05, 0.1) is 0 Å². The third-order valence-corrected chi connectivity index (χ3v) is 4.83. The third kappa shape index (κ3) is 3.69. The third-order valence-electron chi connectivity index (χ3n) is 4.83. The van der Waals surface area contributed by atoms with E-state index in [9.17, 15) is 0 Å². The minimum atomic E-state index is 0.754. The topological polar surface area (TPSA) is 15.3 Å². The molecule has 0 amide bonds. The number of piperidine rings is 1. The molecule has 0 spiro atoms. The van der Waals surface area contributed by atoms with E-state index in [0.29, 0.717) is 0 Å². The second-order valence-electron chi connectivity index (χ2n) is 6.40. The number of nitrogens with zero attached hydrogens (tertiary/aromatic N) is 1. The average molecular weight is 238 g/mol. The van der Waals surface area contributed by atoms with Crippen LogP contribution in [0.4, 0.5) is 0 Å². The highest BCUT2D eigenvalue weighted by Gasteiger charge is 2.28. The Labute approximate surface area is 107 Å². The number of likely N-dealkylation sites (tertiary alicyclic amines) is 1. The molecule has 2 rings (SSSR count). The van der Waals surface area contributed by atoms with Crippen LogP contribution in [0.25, 0.3) is 0 Å². The van der Waals surface area contributed by atoms with Crippen molar-refractivity contribution in [3.8, 4) is 0 Å². The van der Waals surface area contributed by atoms with Gasteiger partial charge in [0.1, 0.15) is 0 Å². The van der Waals surface area contributed by atoms with Crippen LogP contribution >= 0.6 is 0 Å². The van der Waals surface area contributed by atoms with Gasteiger partial charge < -0.3 is 10.2 Å². The lowest BCUT2D eigenvalue weighted by Gasteiger charge is -2.39. The molecule has 1 saturated heterocycles. The monoisotopic (exact) mass is 238 g/mol. The Bertz CT molecular complexity index is 229. The fourth-order valence-corrected chi connectivity index (χ4v) is 3.69. The van der Waals surface area contributed by atoms with E-state index in [4.69, 9.17) is 0 Å². The summed E-state index contributed by atoms with van der Waals surface area (Å²) in [5, 5.41) is 3.95. The van der Waals surface area contributed by atoms with Gasteiger partial charge in [-0.3, -0.25) is 0 Å². The predicted molar refractivity (Wildman–Crippen MR) is 74.2 cm³/mol. The lowest BCUT2D eigenvalue weighted by molar-refractivity contribution is 0.156. The molecule has 4 atom stereocenters. The second kappa shape index (κ2) is 6.19. The van der Waals surface area contributed by atoms with Crippen molar-refractivity contribution in [3.05, 3.63) is 0 Å². The van der Waals surface area contributed by atoms with Crippen LogP contribution in [0.15, 0.2) is 0 Å². The van der Waals surface area contributed by atoms with E-state index in [2.05, 4.69) is 31.0 Å². The largest absolute Gasteiger partial charge is 0.310 e. The Kier molecular flexibility index (Phi) is 4.87. The van der Waals surface area contributed by atoms with Crippen LogP contribution in [0.2, 0.25) is 0 Å². The van der Waals surface area contributed by atoms with Crippen molar-refractivity contribution in [2.75, 3.05) is 19.6 Å². The fourth-order valence-electron chi connectivity index (χ4n) is 3.69. The van der Waals surface area contributed by atoms with Gasteiger partial charge in [0.2, 0.25) is 0 Å². The quantitative estimate of drug-likeness (QED) is 0.813. The number of nitrogens with one attached hydrogen (secondary N) is 1. The van der Waals surface area contributed by atoms with Crippen LogP contribution in [0.1, 0.15) is 52.9 Å². The molecule has 4 unspecified atom stereocenters. The minimum Gasteiger partial charge on any atom is -0.310 e. The molecule has 2 fully saturated rings. The first-order chi connectivity index (χ1) is 8.19. The first-order valence-corrected chi connectivity index (χ1v) is 7.67. The van der Waals surface area contributed by atoms with Crippen LogP contribution in [-0.2, 0) is 0 Å². The van der Waals surface area contributed by atoms with Gasteiger partial charge in [-0.05, 0) is 57.0 Å². The molecular weight excluding hydrogens is 208 g/mol. The molecule has 0 aromatic carbocycles. The van der Waals surface area contributed by atoms with E-state index in [1.807, 2.05) is 0 Å². The van der Waals surface area contributed by atoms with Gasteiger partial charge in [0.25, 0.3) is 0 Å². The van der Waals surface area contributed by atoms with E-state index < -0.39 is 0 Å². The molecular formula is C15H30N2. The zero-order valence-corrected chi connectivity index (χ0v) is 11.9. The van der Waals surface area contributed by atoms with Crippen LogP contribution < -0.4 is 5.32 Å². The van der Waals surface area contributed by atoms with E-state index >= 15 is 0 Å². The maximum atomic E-state index is 3.95. The van der Waals surface area contributed by atoms with Gasteiger partial charge in [-0.15, -0.1) is 0 Å². The minimum absolute atomic E-state index is 0.754.